The molecule has 7 heteroatoms. The first-order chi connectivity index (χ1) is 12.6. The number of benzene rings is 2. The standard InChI is InChI=1S/C19H17BrFN5/c20-14-10-17-13(9-15(14)21)18(24-19(23)26(17)11-22)25-8-4-3-6-12-5-1-2-7-16(12)25/h1-2,5,7,9-11,22-23H,3-4,6,8H2. The molecule has 2 heterocycles. The van der Waals surface area contributed by atoms with Gasteiger partial charge in [-0.3, -0.25) is 15.4 Å². The van der Waals surface area contributed by atoms with Crippen molar-refractivity contribution in [3.8, 4) is 0 Å². The van der Waals surface area contributed by atoms with E-state index in [1.807, 2.05) is 18.2 Å². The van der Waals surface area contributed by atoms with Crippen LogP contribution < -0.4 is 10.5 Å². The van der Waals surface area contributed by atoms with Crippen molar-refractivity contribution in [3.05, 3.63) is 57.9 Å². The predicted octanol–water partition coefficient (Wildman–Crippen LogP) is 4.35. The molecule has 0 amide bonds. The highest BCUT2D eigenvalue weighted by Gasteiger charge is 2.21. The molecular weight excluding hydrogens is 397 g/mol. The Bertz CT molecular complexity index is 1080. The molecule has 0 saturated heterocycles. The second-order valence-corrected chi connectivity index (χ2v) is 7.13. The van der Waals surface area contributed by atoms with Crippen LogP contribution in [0.15, 0.2) is 40.9 Å². The number of anilines is 2. The topological polar surface area (TPSA) is 68.8 Å². The first kappa shape index (κ1) is 16.9. The van der Waals surface area contributed by atoms with Gasteiger partial charge in [-0.25, -0.2) is 4.39 Å². The van der Waals surface area contributed by atoms with E-state index in [0.29, 0.717) is 21.2 Å². The van der Waals surface area contributed by atoms with Gasteiger partial charge in [-0.15, -0.1) is 0 Å². The Morgan fingerprint density at radius 1 is 1.19 bits per heavy atom. The zero-order valence-corrected chi connectivity index (χ0v) is 15.6. The number of halogens is 2. The van der Waals surface area contributed by atoms with E-state index in [1.54, 1.807) is 6.07 Å². The van der Waals surface area contributed by atoms with Gasteiger partial charge in [-0.1, -0.05) is 18.2 Å². The number of rotatable bonds is 2. The van der Waals surface area contributed by atoms with E-state index in [0.717, 1.165) is 37.8 Å². The van der Waals surface area contributed by atoms with Crippen LogP contribution >= 0.6 is 15.9 Å². The van der Waals surface area contributed by atoms with Crippen molar-refractivity contribution >= 4 is 44.7 Å². The molecule has 0 aliphatic carbocycles. The second-order valence-electron chi connectivity index (χ2n) is 6.28. The third kappa shape index (κ3) is 2.72. The Hall–Kier alpha value is -2.54. The Balaban J connectivity index is 2.05. The zero-order valence-electron chi connectivity index (χ0n) is 14.0. The Morgan fingerprint density at radius 3 is 2.81 bits per heavy atom. The van der Waals surface area contributed by atoms with Crippen molar-refractivity contribution in [2.24, 2.45) is 0 Å². The summed E-state index contributed by atoms with van der Waals surface area (Å²) in [4.78, 5) is 6.50. The maximum absolute atomic E-state index is 14.3. The number of hydrogen-bond donors (Lipinski definition) is 2. The number of aryl methyl sites for hydroxylation is 1. The fourth-order valence-corrected chi connectivity index (χ4v) is 3.82. The van der Waals surface area contributed by atoms with E-state index >= 15 is 0 Å². The van der Waals surface area contributed by atoms with Gasteiger partial charge in [0.15, 0.2) is 0 Å². The molecule has 1 aromatic heterocycles. The number of aromatic nitrogens is 2. The van der Waals surface area contributed by atoms with Gasteiger partial charge in [0.2, 0.25) is 5.62 Å². The Kier molecular flexibility index (Phi) is 4.32. The van der Waals surface area contributed by atoms with Crippen LogP contribution in [0.5, 0.6) is 0 Å². The average Bonchev–Trinajstić information content (AvgIpc) is 2.85. The van der Waals surface area contributed by atoms with Gasteiger partial charge < -0.3 is 4.90 Å². The lowest BCUT2D eigenvalue weighted by atomic mass is 10.1. The van der Waals surface area contributed by atoms with Gasteiger partial charge in [0.25, 0.3) is 0 Å². The molecule has 0 unspecified atom stereocenters. The number of nitrogens with zero attached hydrogens (tertiary/aromatic N) is 3. The van der Waals surface area contributed by atoms with Crippen LogP contribution in [0.3, 0.4) is 0 Å². The van der Waals surface area contributed by atoms with Gasteiger partial charge in [-0.05, 0) is 59.0 Å². The van der Waals surface area contributed by atoms with Crippen molar-refractivity contribution in [2.75, 3.05) is 11.4 Å². The lowest BCUT2D eigenvalue weighted by Gasteiger charge is -2.26. The van der Waals surface area contributed by atoms with Crippen LogP contribution in [-0.2, 0) is 6.42 Å². The predicted molar refractivity (Wildman–Crippen MR) is 104 cm³/mol. The van der Waals surface area contributed by atoms with E-state index in [4.69, 9.17) is 10.8 Å². The summed E-state index contributed by atoms with van der Waals surface area (Å²) in [5, 5.41) is 16.4. The van der Waals surface area contributed by atoms with Crippen molar-refractivity contribution in [1.29, 1.82) is 10.8 Å². The van der Waals surface area contributed by atoms with Crippen molar-refractivity contribution in [2.45, 2.75) is 19.3 Å². The molecular formula is C19H17BrFN5. The largest absolute Gasteiger partial charge is 0.325 e. The van der Waals surface area contributed by atoms with E-state index in [2.05, 4.69) is 31.9 Å². The first-order valence-electron chi connectivity index (χ1n) is 8.42. The zero-order chi connectivity index (χ0) is 18.3. The van der Waals surface area contributed by atoms with Crippen LogP contribution in [0.25, 0.3) is 10.9 Å². The number of fused-ring (bicyclic) bond motifs is 2. The summed E-state index contributed by atoms with van der Waals surface area (Å²) in [6.45, 7) is 0.755. The summed E-state index contributed by atoms with van der Waals surface area (Å²) >= 11 is 3.20. The van der Waals surface area contributed by atoms with Crippen LogP contribution in [-0.4, -0.2) is 22.4 Å². The lowest BCUT2D eigenvalue weighted by Crippen LogP contribution is -2.28. The molecule has 0 fully saturated rings. The molecule has 0 atom stereocenters. The second kappa shape index (κ2) is 6.64. The molecule has 5 nitrogen and oxygen atoms in total. The minimum Gasteiger partial charge on any atom is -0.325 e. The molecule has 1 aliphatic heterocycles. The van der Waals surface area contributed by atoms with Gasteiger partial charge in [-0.2, -0.15) is 4.98 Å². The molecule has 0 saturated carbocycles. The maximum Gasteiger partial charge on any atom is 0.229 e. The molecule has 132 valence electrons. The minimum atomic E-state index is -0.391. The van der Waals surface area contributed by atoms with Crippen molar-refractivity contribution in [3.63, 3.8) is 0 Å². The molecule has 3 aromatic rings. The number of nitrogens with one attached hydrogen (secondary N) is 2. The molecule has 0 spiro atoms. The highest BCUT2D eigenvalue weighted by Crippen LogP contribution is 2.35. The quantitative estimate of drug-likeness (QED) is 0.484. The monoisotopic (exact) mass is 413 g/mol. The van der Waals surface area contributed by atoms with E-state index in [1.165, 1.54) is 16.2 Å². The van der Waals surface area contributed by atoms with Crippen molar-refractivity contribution < 1.29 is 4.39 Å². The summed E-state index contributed by atoms with van der Waals surface area (Å²) in [5.74, 6) is 0.168. The first-order valence-corrected chi connectivity index (χ1v) is 9.21. The number of hydrogen-bond acceptors (Lipinski definition) is 4. The van der Waals surface area contributed by atoms with Gasteiger partial charge in [0.1, 0.15) is 11.6 Å². The smallest absolute Gasteiger partial charge is 0.229 e. The summed E-state index contributed by atoms with van der Waals surface area (Å²) < 4.78 is 15.9. The summed E-state index contributed by atoms with van der Waals surface area (Å²) in [6.07, 6.45) is 4.09. The Labute approximate surface area is 158 Å². The minimum absolute atomic E-state index is 0.0530. The summed E-state index contributed by atoms with van der Waals surface area (Å²) in [7, 11) is 0. The molecule has 2 N–H and O–H groups in total. The van der Waals surface area contributed by atoms with Crippen LogP contribution in [0.2, 0.25) is 0 Å². The Morgan fingerprint density at radius 2 is 2.00 bits per heavy atom. The van der Waals surface area contributed by atoms with Crippen LogP contribution in [0, 0.1) is 16.6 Å². The molecule has 1 aliphatic rings. The van der Waals surface area contributed by atoms with E-state index < -0.39 is 5.82 Å². The van der Waals surface area contributed by atoms with Crippen LogP contribution in [0.1, 0.15) is 18.4 Å². The SMILES string of the molecule is N=Cn1c(=N)nc(N2CCCCc3ccccc32)c2cc(F)c(Br)cc21. The van der Waals surface area contributed by atoms with E-state index in [-0.39, 0.29) is 5.62 Å². The van der Waals surface area contributed by atoms with Crippen molar-refractivity contribution in [1.82, 2.24) is 9.55 Å². The van der Waals surface area contributed by atoms with Gasteiger partial charge in [0, 0.05) is 17.6 Å². The van der Waals surface area contributed by atoms with Crippen LogP contribution in [0.4, 0.5) is 15.9 Å². The normalized spacial score (nSPS) is 14.2. The molecule has 0 radical (unpaired) electrons. The highest BCUT2D eigenvalue weighted by atomic mass is 79.9. The van der Waals surface area contributed by atoms with Gasteiger partial charge >= 0.3 is 0 Å². The fraction of sp³-hybridized carbons (Fsp3) is 0.211. The summed E-state index contributed by atoms with van der Waals surface area (Å²) in [5.41, 5.74) is 2.80. The third-order valence-corrected chi connectivity index (χ3v) is 5.33. The maximum atomic E-state index is 14.3. The molecule has 0 bridgehead atoms. The lowest BCUT2D eigenvalue weighted by molar-refractivity contribution is 0.622. The molecule has 4 rings (SSSR count). The highest BCUT2D eigenvalue weighted by molar-refractivity contribution is 9.10. The average molecular weight is 414 g/mol. The number of para-hydroxylation sites is 1. The van der Waals surface area contributed by atoms with E-state index in [9.17, 15) is 4.39 Å². The molecule has 2 aromatic carbocycles. The third-order valence-electron chi connectivity index (χ3n) is 4.72. The molecule has 26 heavy (non-hydrogen) atoms. The fourth-order valence-electron chi connectivity index (χ4n) is 3.49. The van der Waals surface area contributed by atoms with Gasteiger partial charge in [0.05, 0.1) is 16.3 Å². The summed E-state index contributed by atoms with van der Waals surface area (Å²) in [6, 6.07) is 11.2.